The molecular formula is C14H24N2O. The predicted octanol–water partition coefficient (Wildman–Crippen LogP) is 1.78. The van der Waals surface area contributed by atoms with Crippen LogP contribution in [0.25, 0.3) is 0 Å². The first kappa shape index (κ1) is 11.5. The van der Waals surface area contributed by atoms with Crippen molar-refractivity contribution in [3.63, 3.8) is 0 Å². The maximum atomic E-state index is 12.5. The van der Waals surface area contributed by atoms with Crippen molar-refractivity contribution in [2.45, 2.75) is 51.0 Å². The van der Waals surface area contributed by atoms with Gasteiger partial charge >= 0.3 is 0 Å². The Labute approximate surface area is 104 Å². The van der Waals surface area contributed by atoms with Crippen molar-refractivity contribution in [1.29, 1.82) is 0 Å². The summed E-state index contributed by atoms with van der Waals surface area (Å²) < 4.78 is 0. The molecule has 17 heavy (non-hydrogen) atoms. The topological polar surface area (TPSA) is 32.3 Å². The van der Waals surface area contributed by atoms with Gasteiger partial charge in [0.15, 0.2) is 0 Å². The highest BCUT2D eigenvalue weighted by Crippen LogP contribution is 2.36. The minimum atomic E-state index is 0.274. The van der Waals surface area contributed by atoms with Gasteiger partial charge in [-0.05, 0) is 44.6 Å². The van der Waals surface area contributed by atoms with Crippen molar-refractivity contribution in [2.75, 3.05) is 19.6 Å². The largest absolute Gasteiger partial charge is 0.339 e. The summed E-state index contributed by atoms with van der Waals surface area (Å²) in [6.45, 7) is 2.96. The van der Waals surface area contributed by atoms with Gasteiger partial charge in [0, 0.05) is 19.1 Å². The number of carbonyl (C=O) groups excluding carboxylic acids is 1. The Morgan fingerprint density at radius 3 is 2.71 bits per heavy atom. The number of rotatable bonds is 1. The van der Waals surface area contributed by atoms with E-state index in [-0.39, 0.29) is 5.92 Å². The third-order valence-electron chi connectivity index (χ3n) is 4.94. The Balaban J connectivity index is 1.69. The number of nitrogens with zero attached hydrogens (tertiary/aromatic N) is 1. The summed E-state index contributed by atoms with van der Waals surface area (Å²) in [5, 5.41) is 3.32. The van der Waals surface area contributed by atoms with E-state index in [1.165, 1.54) is 38.5 Å². The molecule has 3 rings (SSSR count). The van der Waals surface area contributed by atoms with Gasteiger partial charge in [-0.3, -0.25) is 4.79 Å². The number of piperidine rings is 1. The van der Waals surface area contributed by atoms with E-state index in [0.29, 0.717) is 11.9 Å². The van der Waals surface area contributed by atoms with Crippen LogP contribution in [0.5, 0.6) is 0 Å². The minimum absolute atomic E-state index is 0.274. The van der Waals surface area contributed by atoms with Crippen molar-refractivity contribution >= 4 is 5.91 Å². The smallest absolute Gasteiger partial charge is 0.227 e. The van der Waals surface area contributed by atoms with Crippen LogP contribution in [-0.2, 0) is 4.79 Å². The lowest BCUT2D eigenvalue weighted by Crippen LogP contribution is -2.51. The molecule has 3 aliphatic rings. The monoisotopic (exact) mass is 236 g/mol. The predicted molar refractivity (Wildman–Crippen MR) is 67.7 cm³/mol. The first-order valence-electron chi connectivity index (χ1n) is 7.37. The van der Waals surface area contributed by atoms with Gasteiger partial charge in [-0.25, -0.2) is 0 Å². The molecule has 1 aliphatic carbocycles. The highest BCUT2D eigenvalue weighted by molar-refractivity contribution is 5.80. The average molecular weight is 236 g/mol. The lowest BCUT2D eigenvalue weighted by molar-refractivity contribution is -0.141. The zero-order valence-electron chi connectivity index (χ0n) is 10.7. The maximum Gasteiger partial charge on any atom is 0.227 e. The third kappa shape index (κ3) is 2.22. The van der Waals surface area contributed by atoms with E-state index in [0.717, 1.165) is 32.0 Å². The molecule has 0 spiro atoms. The fourth-order valence-corrected chi connectivity index (χ4v) is 4.00. The van der Waals surface area contributed by atoms with Crippen molar-refractivity contribution < 1.29 is 4.79 Å². The molecule has 3 heteroatoms. The Morgan fingerprint density at radius 1 is 1.06 bits per heavy atom. The van der Waals surface area contributed by atoms with Crippen LogP contribution in [0.3, 0.4) is 0 Å². The Kier molecular flexibility index (Phi) is 3.37. The van der Waals surface area contributed by atoms with Crippen molar-refractivity contribution in [2.24, 2.45) is 11.8 Å². The zero-order valence-corrected chi connectivity index (χ0v) is 10.7. The van der Waals surface area contributed by atoms with Crippen LogP contribution >= 0.6 is 0 Å². The molecule has 3 nitrogen and oxygen atoms in total. The number of hydrogen-bond acceptors (Lipinski definition) is 2. The number of carbonyl (C=O) groups is 1. The molecule has 1 unspecified atom stereocenters. The zero-order chi connectivity index (χ0) is 11.7. The molecule has 0 aromatic rings. The van der Waals surface area contributed by atoms with E-state index in [2.05, 4.69) is 10.2 Å². The van der Waals surface area contributed by atoms with E-state index in [1.54, 1.807) is 0 Å². The molecule has 0 bridgehead atoms. The highest BCUT2D eigenvalue weighted by Gasteiger charge is 2.38. The van der Waals surface area contributed by atoms with Gasteiger partial charge in [0.1, 0.15) is 0 Å². The molecule has 1 N–H and O–H groups in total. The van der Waals surface area contributed by atoms with Crippen LogP contribution in [0.1, 0.15) is 44.9 Å². The first-order valence-corrected chi connectivity index (χ1v) is 7.37. The molecule has 1 saturated carbocycles. The van der Waals surface area contributed by atoms with E-state index >= 15 is 0 Å². The summed E-state index contributed by atoms with van der Waals surface area (Å²) in [7, 11) is 0. The lowest BCUT2D eigenvalue weighted by atomic mass is 9.78. The standard InChI is InChI=1S/C14H24N2O/c17-14(12-7-8-15-10-12)16-9-3-5-11-4-1-2-6-13(11)16/h11-13,15H,1-10H2/t11-,12?,13-/m1/s1. The molecule has 0 aromatic heterocycles. The average Bonchev–Trinajstić information content (AvgIpc) is 2.91. The minimum Gasteiger partial charge on any atom is -0.339 e. The first-order chi connectivity index (χ1) is 8.36. The van der Waals surface area contributed by atoms with Gasteiger partial charge in [0.2, 0.25) is 5.91 Å². The number of fused-ring (bicyclic) bond motifs is 1. The molecule has 0 aromatic carbocycles. The molecular weight excluding hydrogens is 212 g/mol. The fourth-order valence-electron chi connectivity index (χ4n) is 4.00. The molecule has 2 heterocycles. The summed E-state index contributed by atoms with van der Waals surface area (Å²) in [5.41, 5.74) is 0. The molecule has 1 amide bonds. The van der Waals surface area contributed by atoms with E-state index in [1.807, 2.05) is 0 Å². The normalized spacial score (nSPS) is 37.9. The van der Waals surface area contributed by atoms with E-state index < -0.39 is 0 Å². The van der Waals surface area contributed by atoms with Crippen LogP contribution in [0.4, 0.5) is 0 Å². The third-order valence-corrected chi connectivity index (χ3v) is 4.94. The van der Waals surface area contributed by atoms with E-state index in [9.17, 15) is 4.79 Å². The van der Waals surface area contributed by atoms with Crippen LogP contribution in [0.2, 0.25) is 0 Å². The van der Waals surface area contributed by atoms with Gasteiger partial charge in [-0.2, -0.15) is 0 Å². The fraction of sp³-hybridized carbons (Fsp3) is 0.929. The summed E-state index contributed by atoms with van der Waals surface area (Å²) in [6, 6.07) is 0.589. The van der Waals surface area contributed by atoms with Crippen molar-refractivity contribution in [1.82, 2.24) is 10.2 Å². The molecule has 96 valence electrons. The van der Waals surface area contributed by atoms with Gasteiger partial charge in [-0.15, -0.1) is 0 Å². The summed E-state index contributed by atoms with van der Waals surface area (Å²) in [5.74, 6) is 1.54. The van der Waals surface area contributed by atoms with Crippen molar-refractivity contribution in [3.8, 4) is 0 Å². The van der Waals surface area contributed by atoms with E-state index in [4.69, 9.17) is 0 Å². The summed E-state index contributed by atoms with van der Waals surface area (Å²) in [6.07, 6.45) is 8.97. The quantitative estimate of drug-likeness (QED) is 0.752. The second-order valence-electron chi connectivity index (χ2n) is 5.98. The van der Waals surface area contributed by atoms with Gasteiger partial charge in [0.05, 0.1) is 5.92 Å². The van der Waals surface area contributed by atoms with Crippen LogP contribution in [0.15, 0.2) is 0 Å². The molecule has 0 radical (unpaired) electrons. The number of amides is 1. The van der Waals surface area contributed by atoms with Crippen LogP contribution in [-0.4, -0.2) is 36.5 Å². The maximum absolute atomic E-state index is 12.5. The second-order valence-corrected chi connectivity index (χ2v) is 5.98. The van der Waals surface area contributed by atoms with Gasteiger partial charge in [0.25, 0.3) is 0 Å². The number of nitrogens with one attached hydrogen (secondary N) is 1. The summed E-state index contributed by atoms with van der Waals surface area (Å²) >= 11 is 0. The van der Waals surface area contributed by atoms with Crippen LogP contribution < -0.4 is 5.32 Å². The molecule has 3 atom stereocenters. The molecule has 2 aliphatic heterocycles. The van der Waals surface area contributed by atoms with Gasteiger partial charge in [-0.1, -0.05) is 12.8 Å². The summed E-state index contributed by atoms with van der Waals surface area (Å²) in [4.78, 5) is 14.8. The Bertz CT molecular complexity index is 284. The van der Waals surface area contributed by atoms with Crippen LogP contribution in [0, 0.1) is 11.8 Å². The molecule has 2 saturated heterocycles. The Hall–Kier alpha value is -0.570. The highest BCUT2D eigenvalue weighted by atomic mass is 16.2. The lowest BCUT2D eigenvalue weighted by Gasteiger charge is -2.45. The van der Waals surface area contributed by atoms with Crippen molar-refractivity contribution in [3.05, 3.63) is 0 Å². The number of hydrogen-bond donors (Lipinski definition) is 1. The second kappa shape index (κ2) is 4.97. The number of likely N-dealkylation sites (tertiary alicyclic amines) is 1. The molecule has 3 fully saturated rings. The Morgan fingerprint density at radius 2 is 1.88 bits per heavy atom. The SMILES string of the molecule is O=C(C1CCNC1)N1CCC[C@H]2CCCC[C@H]21. The van der Waals surface area contributed by atoms with Gasteiger partial charge < -0.3 is 10.2 Å².